The molecule has 27 heavy (non-hydrogen) atoms. The van der Waals surface area contributed by atoms with Crippen LogP contribution >= 0.6 is 11.3 Å². The van der Waals surface area contributed by atoms with Crippen LogP contribution in [0.15, 0.2) is 16.3 Å². The number of aryl methyl sites for hydroxylation is 1. The Morgan fingerprint density at radius 2 is 1.89 bits per heavy atom. The zero-order chi connectivity index (χ0) is 19.2. The third-order valence-corrected chi connectivity index (χ3v) is 10.1. The Morgan fingerprint density at radius 3 is 2.48 bits per heavy atom. The van der Waals surface area contributed by atoms with Gasteiger partial charge >= 0.3 is 0 Å². The predicted molar refractivity (Wildman–Crippen MR) is 109 cm³/mol. The minimum atomic E-state index is -3.36. The maximum Gasteiger partial charge on any atom is 0.252 e. The number of likely N-dealkylation sites (N-methyl/N-ethyl adjacent to an activating group) is 1. The van der Waals surface area contributed by atoms with E-state index in [9.17, 15) is 8.42 Å². The second-order valence-electron chi connectivity index (χ2n) is 8.73. The van der Waals surface area contributed by atoms with Gasteiger partial charge in [-0.05, 0) is 76.1 Å². The minimum absolute atomic E-state index is 0.234. The summed E-state index contributed by atoms with van der Waals surface area (Å²) >= 11 is 1.42. The second kappa shape index (κ2) is 7.75. The van der Waals surface area contributed by atoms with Crippen molar-refractivity contribution in [1.82, 2.24) is 9.21 Å². The van der Waals surface area contributed by atoms with Crippen LogP contribution in [0.1, 0.15) is 37.5 Å². The van der Waals surface area contributed by atoms with E-state index in [-0.39, 0.29) is 6.10 Å². The molecule has 2 aliphatic carbocycles. The van der Waals surface area contributed by atoms with Crippen LogP contribution in [-0.2, 0) is 21.2 Å². The summed E-state index contributed by atoms with van der Waals surface area (Å²) < 4.78 is 34.8. The van der Waals surface area contributed by atoms with Crippen LogP contribution in [0.2, 0.25) is 0 Å². The Morgan fingerprint density at radius 1 is 1.19 bits per heavy atom. The Balaban J connectivity index is 1.46. The van der Waals surface area contributed by atoms with E-state index in [1.807, 2.05) is 6.07 Å². The number of rotatable bonds is 7. The molecule has 0 radical (unpaired) electrons. The first-order valence-corrected chi connectivity index (χ1v) is 12.5. The van der Waals surface area contributed by atoms with Crippen molar-refractivity contribution < 1.29 is 13.2 Å². The van der Waals surface area contributed by atoms with Gasteiger partial charge < -0.3 is 9.64 Å². The van der Waals surface area contributed by atoms with Gasteiger partial charge in [0, 0.05) is 30.6 Å². The first kappa shape index (κ1) is 19.8. The number of nitrogens with zero attached hydrogens (tertiary/aromatic N) is 2. The molecule has 1 aliphatic heterocycles. The fourth-order valence-electron chi connectivity index (χ4n) is 4.62. The molecular formula is C20H32N2O3S2. The lowest BCUT2D eigenvalue weighted by molar-refractivity contribution is -0.0493. The lowest BCUT2D eigenvalue weighted by atomic mass is 9.77. The molecule has 3 fully saturated rings. The van der Waals surface area contributed by atoms with Crippen LogP contribution < -0.4 is 0 Å². The maximum atomic E-state index is 13.1. The number of ether oxygens (including phenoxy) is 1. The van der Waals surface area contributed by atoms with Crippen molar-refractivity contribution in [3.05, 3.63) is 17.0 Å². The van der Waals surface area contributed by atoms with Crippen molar-refractivity contribution >= 4 is 21.4 Å². The summed E-state index contributed by atoms with van der Waals surface area (Å²) in [7, 11) is 0.890. The van der Waals surface area contributed by atoms with Crippen molar-refractivity contribution in [1.29, 1.82) is 0 Å². The molecule has 5 nitrogen and oxygen atoms in total. The highest BCUT2D eigenvalue weighted by atomic mass is 32.2. The van der Waals surface area contributed by atoms with Crippen LogP contribution in [-0.4, -0.2) is 63.6 Å². The highest BCUT2D eigenvalue weighted by Gasteiger charge is 2.46. The lowest BCUT2D eigenvalue weighted by Gasteiger charge is -2.41. The van der Waals surface area contributed by atoms with Crippen LogP contribution in [0.25, 0.3) is 0 Å². The van der Waals surface area contributed by atoms with Crippen molar-refractivity contribution in [3.63, 3.8) is 0 Å². The summed E-state index contributed by atoms with van der Waals surface area (Å²) in [5, 5.41) is 0. The molecule has 4 atom stereocenters. The largest absolute Gasteiger partial charge is 0.376 e. The standard InChI is InChI=1S/C20H32N2O3S2/c1-4-17-7-8-20(26-17)27(23,24)22-11-15-9-18(21(2)3)19(10-16(15)12-22)25-13-14-5-6-14/h7-8,14-16,18-19H,4-6,9-13H2,1-3H3/t15-,16+,18-,19-/m1/s1. The summed E-state index contributed by atoms with van der Waals surface area (Å²) in [4.78, 5) is 3.41. The van der Waals surface area contributed by atoms with Crippen molar-refractivity contribution in [3.8, 4) is 0 Å². The number of hydrogen-bond acceptors (Lipinski definition) is 5. The van der Waals surface area contributed by atoms with E-state index in [2.05, 4.69) is 25.9 Å². The molecule has 0 N–H and O–H groups in total. The fraction of sp³-hybridized carbons (Fsp3) is 0.800. The number of hydrogen-bond donors (Lipinski definition) is 0. The lowest BCUT2D eigenvalue weighted by Crippen LogP contribution is -2.48. The Hall–Kier alpha value is -0.470. The van der Waals surface area contributed by atoms with E-state index >= 15 is 0 Å². The Bertz CT molecular complexity index is 757. The Labute approximate surface area is 167 Å². The van der Waals surface area contributed by atoms with E-state index in [4.69, 9.17) is 4.74 Å². The van der Waals surface area contributed by atoms with Crippen LogP contribution in [0.3, 0.4) is 0 Å². The molecular weight excluding hydrogens is 380 g/mol. The zero-order valence-electron chi connectivity index (χ0n) is 16.6. The van der Waals surface area contributed by atoms with Crippen LogP contribution in [0, 0.1) is 17.8 Å². The van der Waals surface area contributed by atoms with Gasteiger partial charge in [-0.15, -0.1) is 11.3 Å². The highest BCUT2D eigenvalue weighted by molar-refractivity contribution is 7.91. The fourth-order valence-corrected chi connectivity index (χ4v) is 7.63. The molecule has 7 heteroatoms. The van der Waals surface area contributed by atoms with Gasteiger partial charge in [0.1, 0.15) is 4.21 Å². The molecule has 1 aromatic heterocycles. The first-order chi connectivity index (χ1) is 12.9. The molecule has 4 rings (SSSR count). The third kappa shape index (κ3) is 4.13. The van der Waals surface area contributed by atoms with Gasteiger partial charge in [0.2, 0.25) is 0 Å². The van der Waals surface area contributed by atoms with E-state index in [0.717, 1.165) is 36.7 Å². The molecule has 0 unspecified atom stereocenters. The third-order valence-electron chi connectivity index (χ3n) is 6.54. The maximum absolute atomic E-state index is 13.1. The number of thiophene rings is 1. The molecule has 0 spiro atoms. The molecule has 1 saturated heterocycles. The van der Waals surface area contributed by atoms with Gasteiger partial charge in [-0.2, -0.15) is 4.31 Å². The van der Waals surface area contributed by atoms with Gasteiger partial charge in [-0.1, -0.05) is 6.92 Å². The summed E-state index contributed by atoms with van der Waals surface area (Å²) in [6.45, 7) is 4.25. The summed E-state index contributed by atoms with van der Waals surface area (Å²) in [6.07, 6.45) is 5.74. The summed E-state index contributed by atoms with van der Waals surface area (Å²) in [5.74, 6) is 1.63. The highest BCUT2D eigenvalue weighted by Crippen LogP contribution is 2.42. The first-order valence-electron chi connectivity index (χ1n) is 10.2. The van der Waals surface area contributed by atoms with Crippen molar-refractivity contribution in [2.24, 2.45) is 17.8 Å². The quantitative estimate of drug-likeness (QED) is 0.691. The van der Waals surface area contributed by atoms with Crippen LogP contribution in [0.4, 0.5) is 0 Å². The van der Waals surface area contributed by atoms with E-state index in [0.29, 0.717) is 35.2 Å². The Kier molecular flexibility index (Phi) is 5.69. The zero-order valence-corrected chi connectivity index (χ0v) is 18.3. The normalized spacial score (nSPS) is 32.1. The summed E-state index contributed by atoms with van der Waals surface area (Å²) in [5.41, 5.74) is 0. The molecule has 0 aromatic carbocycles. The molecule has 0 bridgehead atoms. The average molecular weight is 413 g/mol. The number of sulfonamides is 1. The predicted octanol–water partition coefficient (Wildman–Crippen LogP) is 3.07. The van der Waals surface area contributed by atoms with Gasteiger partial charge in [-0.25, -0.2) is 8.42 Å². The molecule has 2 saturated carbocycles. The van der Waals surface area contributed by atoms with Gasteiger partial charge in [0.25, 0.3) is 10.0 Å². The van der Waals surface area contributed by atoms with Crippen molar-refractivity contribution in [2.45, 2.75) is 55.4 Å². The molecule has 3 aliphatic rings. The van der Waals surface area contributed by atoms with Gasteiger partial charge in [0.05, 0.1) is 6.10 Å². The molecule has 1 aromatic rings. The van der Waals surface area contributed by atoms with Crippen LogP contribution in [0.5, 0.6) is 0 Å². The monoisotopic (exact) mass is 412 g/mol. The topological polar surface area (TPSA) is 49.9 Å². The molecule has 152 valence electrons. The van der Waals surface area contributed by atoms with E-state index in [1.54, 1.807) is 10.4 Å². The SMILES string of the molecule is CCc1ccc(S(=O)(=O)N2C[C@H]3C[C@@H](N(C)C)[C@H](OCC4CC4)C[C@H]3C2)s1. The molecule has 2 heterocycles. The van der Waals surface area contributed by atoms with Gasteiger partial charge in [-0.3, -0.25) is 0 Å². The molecule has 0 amide bonds. The van der Waals surface area contributed by atoms with Gasteiger partial charge in [0.15, 0.2) is 0 Å². The smallest absolute Gasteiger partial charge is 0.252 e. The van der Waals surface area contributed by atoms with E-state index in [1.165, 1.54) is 24.2 Å². The average Bonchev–Trinajstić information content (AvgIpc) is 3.17. The minimum Gasteiger partial charge on any atom is -0.376 e. The van der Waals surface area contributed by atoms with E-state index < -0.39 is 10.0 Å². The second-order valence-corrected chi connectivity index (χ2v) is 12.1. The number of fused-ring (bicyclic) bond motifs is 1. The summed E-state index contributed by atoms with van der Waals surface area (Å²) in [6, 6.07) is 4.12. The van der Waals surface area contributed by atoms with Crippen molar-refractivity contribution in [2.75, 3.05) is 33.8 Å².